The molecule has 102 valence electrons. The van der Waals surface area contributed by atoms with Gasteiger partial charge >= 0.3 is 0 Å². The van der Waals surface area contributed by atoms with Gasteiger partial charge in [-0.15, -0.1) is 0 Å². The van der Waals surface area contributed by atoms with Crippen molar-refractivity contribution in [3.05, 3.63) is 58.4 Å². The van der Waals surface area contributed by atoms with Crippen LogP contribution in [-0.2, 0) is 6.54 Å². The van der Waals surface area contributed by atoms with Crippen molar-refractivity contribution in [1.82, 2.24) is 14.8 Å². The van der Waals surface area contributed by atoms with Crippen molar-refractivity contribution >= 4 is 33.2 Å². The van der Waals surface area contributed by atoms with Crippen LogP contribution >= 0.6 is 27.5 Å². The summed E-state index contributed by atoms with van der Waals surface area (Å²) in [4.78, 5) is 3.95. The van der Waals surface area contributed by atoms with Crippen LogP contribution in [0.5, 0.6) is 0 Å². The average molecular weight is 354 g/mol. The Kier molecular flexibility index (Phi) is 3.75. The van der Waals surface area contributed by atoms with Gasteiger partial charge < -0.3 is 9.73 Å². The van der Waals surface area contributed by atoms with Gasteiger partial charge in [-0.3, -0.25) is 0 Å². The molecule has 20 heavy (non-hydrogen) atoms. The summed E-state index contributed by atoms with van der Waals surface area (Å²) in [7, 11) is 0. The molecule has 0 aliphatic carbocycles. The lowest BCUT2D eigenvalue weighted by molar-refractivity contribution is 0.516. The molecular formula is C13H10BrClN4O. The second kappa shape index (κ2) is 5.68. The van der Waals surface area contributed by atoms with Gasteiger partial charge in [0.15, 0.2) is 0 Å². The summed E-state index contributed by atoms with van der Waals surface area (Å²) in [6.07, 6.45) is 4.76. The van der Waals surface area contributed by atoms with Crippen molar-refractivity contribution < 1.29 is 4.42 Å². The lowest BCUT2D eigenvalue weighted by Gasteiger charge is -2.11. The molecule has 0 atom stereocenters. The van der Waals surface area contributed by atoms with Gasteiger partial charge in [0.25, 0.3) is 0 Å². The first-order chi connectivity index (χ1) is 9.74. The molecule has 1 N–H and O–H groups in total. The van der Waals surface area contributed by atoms with Crippen LogP contribution in [0.15, 0.2) is 52.1 Å². The SMILES string of the molecule is Clc1ccc(-n2cncn2)c(NCc2occc2Br)c1. The van der Waals surface area contributed by atoms with Crippen molar-refractivity contribution in [3.8, 4) is 5.69 Å². The largest absolute Gasteiger partial charge is 0.466 e. The molecule has 0 radical (unpaired) electrons. The van der Waals surface area contributed by atoms with E-state index in [4.69, 9.17) is 16.0 Å². The monoisotopic (exact) mass is 352 g/mol. The number of nitrogens with zero attached hydrogens (tertiary/aromatic N) is 3. The second-order valence-electron chi connectivity index (χ2n) is 4.05. The first-order valence-corrected chi connectivity index (χ1v) is 7.01. The second-order valence-corrected chi connectivity index (χ2v) is 5.34. The molecular weight excluding hydrogens is 344 g/mol. The van der Waals surface area contributed by atoms with Crippen molar-refractivity contribution in [2.45, 2.75) is 6.54 Å². The number of furan rings is 1. The lowest BCUT2D eigenvalue weighted by Crippen LogP contribution is -2.04. The molecule has 0 unspecified atom stereocenters. The minimum absolute atomic E-state index is 0.537. The third-order valence-electron chi connectivity index (χ3n) is 2.75. The van der Waals surface area contributed by atoms with E-state index in [9.17, 15) is 0 Å². The van der Waals surface area contributed by atoms with E-state index in [1.54, 1.807) is 17.3 Å². The van der Waals surface area contributed by atoms with Gasteiger partial charge in [0.05, 0.1) is 28.7 Å². The zero-order chi connectivity index (χ0) is 13.9. The third-order valence-corrected chi connectivity index (χ3v) is 3.70. The van der Waals surface area contributed by atoms with Crippen LogP contribution in [0.4, 0.5) is 5.69 Å². The Hall–Kier alpha value is -1.79. The molecule has 0 saturated carbocycles. The number of aromatic nitrogens is 3. The van der Waals surface area contributed by atoms with Crippen LogP contribution in [0.1, 0.15) is 5.76 Å². The molecule has 5 nitrogen and oxygen atoms in total. The van der Waals surface area contributed by atoms with Gasteiger partial charge in [0.1, 0.15) is 18.4 Å². The molecule has 7 heteroatoms. The standard InChI is InChI=1S/C13H10BrClN4O/c14-10-3-4-20-13(10)6-17-11-5-9(15)1-2-12(11)19-8-16-7-18-19/h1-5,7-8,17H,6H2. The van der Waals surface area contributed by atoms with Crippen LogP contribution in [0, 0.1) is 0 Å². The number of benzene rings is 1. The van der Waals surface area contributed by atoms with E-state index >= 15 is 0 Å². The predicted octanol–water partition coefficient (Wildman–Crippen LogP) is 3.89. The highest BCUT2D eigenvalue weighted by atomic mass is 79.9. The highest BCUT2D eigenvalue weighted by Gasteiger charge is 2.08. The van der Waals surface area contributed by atoms with Crippen LogP contribution in [0.25, 0.3) is 5.69 Å². The minimum atomic E-state index is 0.537. The molecule has 3 aromatic rings. The number of halogens is 2. The molecule has 0 bridgehead atoms. The van der Waals surface area contributed by atoms with Crippen molar-refractivity contribution in [3.63, 3.8) is 0 Å². The Labute approximate surface area is 128 Å². The molecule has 3 rings (SSSR count). The summed E-state index contributed by atoms with van der Waals surface area (Å²) in [5.74, 6) is 0.814. The molecule has 1 aromatic carbocycles. The fourth-order valence-electron chi connectivity index (χ4n) is 1.81. The zero-order valence-corrected chi connectivity index (χ0v) is 12.6. The number of hydrogen-bond acceptors (Lipinski definition) is 4. The van der Waals surface area contributed by atoms with Crippen LogP contribution in [0.2, 0.25) is 5.02 Å². The zero-order valence-electron chi connectivity index (χ0n) is 10.3. The average Bonchev–Trinajstić information content (AvgIpc) is 3.08. The summed E-state index contributed by atoms with van der Waals surface area (Å²) in [6.45, 7) is 0.537. The Morgan fingerprint density at radius 3 is 2.95 bits per heavy atom. The Balaban J connectivity index is 1.88. The topological polar surface area (TPSA) is 55.9 Å². The normalized spacial score (nSPS) is 10.7. The van der Waals surface area contributed by atoms with E-state index in [2.05, 4.69) is 31.3 Å². The summed E-state index contributed by atoms with van der Waals surface area (Å²) < 4.78 is 7.97. The molecule has 0 spiro atoms. The van der Waals surface area contributed by atoms with Gasteiger partial charge in [-0.1, -0.05) is 11.6 Å². The molecule has 2 aromatic heterocycles. The maximum absolute atomic E-state index is 6.05. The van der Waals surface area contributed by atoms with Crippen LogP contribution in [-0.4, -0.2) is 14.8 Å². The third kappa shape index (κ3) is 2.71. The first-order valence-electron chi connectivity index (χ1n) is 5.84. The predicted molar refractivity (Wildman–Crippen MR) is 80.1 cm³/mol. The Morgan fingerprint density at radius 1 is 1.35 bits per heavy atom. The van der Waals surface area contributed by atoms with E-state index in [1.807, 2.05) is 24.3 Å². The molecule has 0 fully saturated rings. The van der Waals surface area contributed by atoms with Gasteiger partial charge in [-0.25, -0.2) is 9.67 Å². The van der Waals surface area contributed by atoms with E-state index in [1.165, 1.54) is 6.33 Å². The Bertz CT molecular complexity index is 711. The quantitative estimate of drug-likeness (QED) is 0.773. The molecule has 0 amide bonds. The van der Waals surface area contributed by atoms with Crippen LogP contribution in [0.3, 0.4) is 0 Å². The summed E-state index contributed by atoms with van der Waals surface area (Å²) in [5.41, 5.74) is 1.72. The first kappa shape index (κ1) is 13.2. The van der Waals surface area contributed by atoms with Crippen LogP contribution < -0.4 is 5.32 Å². The van der Waals surface area contributed by atoms with E-state index in [0.29, 0.717) is 11.6 Å². The lowest BCUT2D eigenvalue weighted by atomic mass is 10.2. The number of anilines is 1. The molecule has 0 aliphatic heterocycles. The van der Waals surface area contributed by atoms with E-state index < -0.39 is 0 Å². The van der Waals surface area contributed by atoms with Gasteiger partial charge in [-0.05, 0) is 40.2 Å². The molecule has 0 aliphatic rings. The van der Waals surface area contributed by atoms with Gasteiger partial charge in [0.2, 0.25) is 0 Å². The summed E-state index contributed by atoms with van der Waals surface area (Å²) in [5, 5.41) is 8.07. The number of nitrogens with one attached hydrogen (secondary N) is 1. The maximum atomic E-state index is 6.05. The van der Waals surface area contributed by atoms with Gasteiger partial charge in [-0.2, -0.15) is 5.10 Å². The smallest absolute Gasteiger partial charge is 0.138 e. The van der Waals surface area contributed by atoms with E-state index in [-0.39, 0.29) is 0 Å². The summed E-state index contributed by atoms with van der Waals surface area (Å²) in [6, 6.07) is 7.39. The minimum Gasteiger partial charge on any atom is -0.466 e. The number of hydrogen-bond donors (Lipinski definition) is 1. The Morgan fingerprint density at radius 2 is 2.25 bits per heavy atom. The fourth-order valence-corrected chi connectivity index (χ4v) is 2.32. The van der Waals surface area contributed by atoms with Gasteiger partial charge in [0, 0.05) is 5.02 Å². The molecule has 0 saturated heterocycles. The van der Waals surface area contributed by atoms with Crippen molar-refractivity contribution in [2.24, 2.45) is 0 Å². The highest BCUT2D eigenvalue weighted by Crippen LogP contribution is 2.25. The van der Waals surface area contributed by atoms with Crippen molar-refractivity contribution in [1.29, 1.82) is 0 Å². The maximum Gasteiger partial charge on any atom is 0.138 e. The number of rotatable bonds is 4. The fraction of sp³-hybridized carbons (Fsp3) is 0.0769. The highest BCUT2D eigenvalue weighted by molar-refractivity contribution is 9.10. The molecule has 2 heterocycles. The van der Waals surface area contributed by atoms with E-state index in [0.717, 1.165) is 21.6 Å². The van der Waals surface area contributed by atoms with Crippen molar-refractivity contribution in [2.75, 3.05) is 5.32 Å². The summed E-state index contributed by atoms with van der Waals surface area (Å²) >= 11 is 9.48.